The van der Waals surface area contributed by atoms with Crippen molar-refractivity contribution in [1.29, 1.82) is 0 Å². The van der Waals surface area contributed by atoms with Gasteiger partial charge in [-0.3, -0.25) is 4.79 Å². The lowest BCUT2D eigenvalue weighted by molar-refractivity contribution is 0.0940. The Bertz CT molecular complexity index is 300. The molecule has 3 heteroatoms. The maximum Gasteiger partial charge on any atom is 0.251 e. The highest BCUT2D eigenvalue weighted by molar-refractivity contribution is 7.98. The van der Waals surface area contributed by atoms with Crippen molar-refractivity contribution in [2.24, 2.45) is 0 Å². The lowest BCUT2D eigenvalue weighted by atomic mass is 10.2. The van der Waals surface area contributed by atoms with E-state index < -0.39 is 0 Å². The SMILES string of the molecule is CC[C@@H](CSC)NC(=O)c1ccccc1. The summed E-state index contributed by atoms with van der Waals surface area (Å²) in [4.78, 5) is 11.8. The van der Waals surface area contributed by atoms with Gasteiger partial charge in [0.25, 0.3) is 5.91 Å². The van der Waals surface area contributed by atoms with E-state index >= 15 is 0 Å². The Morgan fingerprint density at radius 1 is 1.40 bits per heavy atom. The van der Waals surface area contributed by atoms with Crippen molar-refractivity contribution in [2.75, 3.05) is 12.0 Å². The number of thioether (sulfide) groups is 1. The molecule has 15 heavy (non-hydrogen) atoms. The zero-order chi connectivity index (χ0) is 11.1. The van der Waals surface area contributed by atoms with Gasteiger partial charge in [-0.05, 0) is 24.8 Å². The third-order valence-electron chi connectivity index (χ3n) is 2.23. The molecule has 2 nitrogen and oxygen atoms in total. The Balaban J connectivity index is 2.55. The van der Waals surface area contributed by atoms with Crippen LogP contribution in [0.25, 0.3) is 0 Å². The van der Waals surface area contributed by atoms with Crippen molar-refractivity contribution in [3.63, 3.8) is 0 Å². The molecule has 0 aliphatic heterocycles. The van der Waals surface area contributed by atoms with Crippen LogP contribution in [0.15, 0.2) is 30.3 Å². The summed E-state index contributed by atoms with van der Waals surface area (Å²) in [7, 11) is 0. The van der Waals surface area contributed by atoms with Gasteiger partial charge in [0.1, 0.15) is 0 Å². The average Bonchev–Trinajstić information content (AvgIpc) is 2.29. The Morgan fingerprint density at radius 2 is 2.07 bits per heavy atom. The first kappa shape index (κ1) is 12.1. The minimum Gasteiger partial charge on any atom is -0.348 e. The highest BCUT2D eigenvalue weighted by atomic mass is 32.2. The number of carbonyl (C=O) groups is 1. The Hall–Kier alpha value is -0.960. The van der Waals surface area contributed by atoms with Crippen LogP contribution in [-0.4, -0.2) is 24.0 Å². The van der Waals surface area contributed by atoms with E-state index in [9.17, 15) is 4.79 Å². The smallest absolute Gasteiger partial charge is 0.251 e. The minimum absolute atomic E-state index is 0.0245. The fourth-order valence-corrected chi connectivity index (χ4v) is 2.04. The van der Waals surface area contributed by atoms with Crippen molar-refractivity contribution < 1.29 is 4.79 Å². The van der Waals surface area contributed by atoms with Gasteiger partial charge in [0.2, 0.25) is 0 Å². The summed E-state index contributed by atoms with van der Waals surface area (Å²) in [6, 6.07) is 9.61. The van der Waals surface area contributed by atoms with Crippen molar-refractivity contribution in [3.05, 3.63) is 35.9 Å². The number of hydrogen-bond donors (Lipinski definition) is 1. The summed E-state index contributed by atoms with van der Waals surface area (Å²) in [6.07, 6.45) is 3.02. The number of carbonyl (C=O) groups excluding carboxylic acids is 1. The molecule has 0 aromatic heterocycles. The second kappa shape index (κ2) is 6.51. The third kappa shape index (κ3) is 3.96. The van der Waals surface area contributed by atoms with Gasteiger partial charge in [-0.25, -0.2) is 0 Å². The lowest BCUT2D eigenvalue weighted by Gasteiger charge is -2.15. The molecule has 1 rings (SSSR count). The van der Waals surface area contributed by atoms with Crippen molar-refractivity contribution in [2.45, 2.75) is 19.4 Å². The Morgan fingerprint density at radius 3 is 2.60 bits per heavy atom. The van der Waals surface area contributed by atoms with Crippen LogP contribution in [0, 0.1) is 0 Å². The topological polar surface area (TPSA) is 29.1 Å². The number of benzene rings is 1. The van der Waals surface area contributed by atoms with Crippen LogP contribution in [0.3, 0.4) is 0 Å². The Labute approximate surface area is 95.5 Å². The average molecular weight is 223 g/mol. The fourth-order valence-electron chi connectivity index (χ4n) is 1.32. The van der Waals surface area contributed by atoms with Gasteiger partial charge in [0.15, 0.2) is 0 Å². The van der Waals surface area contributed by atoms with Crippen LogP contribution in [0.4, 0.5) is 0 Å². The zero-order valence-corrected chi connectivity index (χ0v) is 10.0. The summed E-state index contributed by atoms with van der Waals surface area (Å²) < 4.78 is 0. The molecule has 1 amide bonds. The van der Waals surface area contributed by atoms with E-state index in [1.165, 1.54) is 0 Å². The van der Waals surface area contributed by atoms with Gasteiger partial charge in [-0.1, -0.05) is 25.1 Å². The van der Waals surface area contributed by atoms with Gasteiger partial charge in [-0.2, -0.15) is 11.8 Å². The molecular weight excluding hydrogens is 206 g/mol. The van der Waals surface area contributed by atoms with E-state index in [-0.39, 0.29) is 11.9 Å². The van der Waals surface area contributed by atoms with Crippen LogP contribution < -0.4 is 5.32 Å². The number of nitrogens with one attached hydrogen (secondary N) is 1. The van der Waals surface area contributed by atoms with E-state index in [4.69, 9.17) is 0 Å². The molecule has 0 radical (unpaired) electrons. The molecule has 0 unspecified atom stereocenters. The molecule has 1 aromatic rings. The molecule has 0 aliphatic rings. The second-order valence-electron chi connectivity index (χ2n) is 3.40. The van der Waals surface area contributed by atoms with Gasteiger partial charge >= 0.3 is 0 Å². The van der Waals surface area contributed by atoms with E-state index in [0.29, 0.717) is 0 Å². The predicted octanol–water partition coefficient (Wildman–Crippen LogP) is 2.56. The molecule has 1 aromatic carbocycles. The van der Waals surface area contributed by atoms with Crippen LogP contribution >= 0.6 is 11.8 Å². The van der Waals surface area contributed by atoms with E-state index in [0.717, 1.165) is 17.7 Å². The van der Waals surface area contributed by atoms with Gasteiger partial charge in [-0.15, -0.1) is 0 Å². The van der Waals surface area contributed by atoms with Crippen LogP contribution in [-0.2, 0) is 0 Å². The van der Waals surface area contributed by atoms with E-state index in [1.54, 1.807) is 11.8 Å². The number of rotatable bonds is 5. The molecule has 0 fully saturated rings. The van der Waals surface area contributed by atoms with Gasteiger partial charge in [0.05, 0.1) is 0 Å². The van der Waals surface area contributed by atoms with Crippen molar-refractivity contribution in [3.8, 4) is 0 Å². The van der Waals surface area contributed by atoms with Crippen molar-refractivity contribution >= 4 is 17.7 Å². The third-order valence-corrected chi connectivity index (χ3v) is 2.97. The Kier molecular flexibility index (Phi) is 5.26. The predicted molar refractivity (Wildman–Crippen MR) is 66.4 cm³/mol. The van der Waals surface area contributed by atoms with Gasteiger partial charge in [0, 0.05) is 17.4 Å². The van der Waals surface area contributed by atoms with Crippen LogP contribution in [0.5, 0.6) is 0 Å². The van der Waals surface area contributed by atoms with E-state index in [1.807, 2.05) is 30.3 Å². The molecule has 0 bridgehead atoms. The van der Waals surface area contributed by atoms with Gasteiger partial charge < -0.3 is 5.32 Å². The van der Waals surface area contributed by atoms with Crippen molar-refractivity contribution in [1.82, 2.24) is 5.32 Å². The summed E-state index contributed by atoms with van der Waals surface area (Å²) in [5, 5.41) is 3.02. The molecule has 0 heterocycles. The molecule has 0 aliphatic carbocycles. The molecule has 82 valence electrons. The summed E-state index contributed by atoms with van der Waals surface area (Å²) >= 11 is 1.76. The summed E-state index contributed by atoms with van der Waals surface area (Å²) in [5.41, 5.74) is 0.733. The molecule has 1 N–H and O–H groups in total. The number of hydrogen-bond acceptors (Lipinski definition) is 2. The molecule has 0 spiro atoms. The molecule has 1 atom stereocenters. The maximum atomic E-state index is 11.8. The first-order chi connectivity index (χ1) is 7.27. The maximum absolute atomic E-state index is 11.8. The molecular formula is C12H17NOS. The first-order valence-electron chi connectivity index (χ1n) is 5.12. The van der Waals surface area contributed by atoms with Crippen LogP contribution in [0.2, 0.25) is 0 Å². The monoisotopic (exact) mass is 223 g/mol. The highest BCUT2D eigenvalue weighted by Crippen LogP contribution is 2.04. The molecule has 0 saturated carbocycles. The minimum atomic E-state index is 0.0245. The highest BCUT2D eigenvalue weighted by Gasteiger charge is 2.10. The van der Waals surface area contributed by atoms with E-state index in [2.05, 4.69) is 18.5 Å². The second-order valence-corrected chi connectivity index (χ2v) is 4.31. The first-order valence-corrected chi connectivity index (χ1v) is 6.52. The fraction of sp³-hybridized carbons (Fsp3) is 0.417. The lowest BCUT2D eigenvalue weighted by Crippen LogP contribution is -2.36. The quantitative estimate of drug-likeness (QED) is 0.831. The summed E-state index contributed by atoms with van der Waals surface area (Å²) in [5.74, 6) is 0.992. The normalized spacial score (nSPS) is 12.1. The summed E-state index contributed by atoms with van der Waals surface area (Å²) in [6.45, 7) is 2.09. The van der Waals surface area contributed by atoms with Crippen LogP contribution in [0.1, 0.15) is 23.7 Å². The molecule has 0 saturated heterocycles. The zero-order valence-electron chi connectivity index (χ0n) is 9.19. The standard InChI is InChI=1S/C12H17NOS/c1-3-11(9-15-2)13-12(14)10-7-5-4-6-8-10/h4-8,11H,3,9H2,1-2H3,(H,13,14)/t11-/m0/s1. The largest absolute Gasteiger partial charge is 0.348 e. The number of amides is 1.